The molecule has 1 atom stereocenters. The topological polar surface area (TPSA) is 69.7 Å². The second kappa shape index (κ2) is 6.82. The van der Waals surface area contributed by atoms with Crippen molar-refractivity contribution < 1.29 is 23.3 Å². The molecule has 0 spiro atoms. The van der Waals surface area contributed by atoms with Crippen LogP contribution >= 0.6 is 11.6 Å². The van der Waals surface area contributed by atoms with Crippen LogP contribution in [0.2, 0.25) is 5.02 Å². The van der Waals surface area contributed by atoms with E-state index < -0.39 is 22.4 Å². The van der Waals surface area contributed by atoms with Gasteiger partial charge in [0.25, 0.3) is 0 Å². The largest absolute Gasteiger partial charge is 0.489 e. The van der Waals surface area contributed by atoms with Gasteiger partial charge < -0.3 is 9.47 Å². The van der Waals surface area contributed by atoms with Crippen LogP contribution in [0.1, 0.15) is 20.7 Å². The van der Waals surface area contributed by atoms with Gasteiger partial charge in [-0.2, -0.15) is 0 Å². The molecular weight excluding hydrogens is 364 g/mol. The number of carbonyl (C=O) groups is 2. The maximum Gasteiger partial charge on any atom is 0.233 e. The second-order valence-corrected chi connectivity index (χ2v) is 6.93. The van der Waals surface area contributed by atoms with Crippen LogP contribution in [-0.2, 0) is 20.3 Å². The lowest BCUT2D eigenvalue weighted by Crippen LogP contribution is -2.25. The number of fused-ring (bicyclic) bond motifs is 1. The molecule has 2 aromatic rings. The van der Waals surface area contributed by atoms with Crippen molar-refractivity contribution in [2.45, 2.75) is 9.79 Å². The number of halogens is 1. The van der Waals surface area contributed by atoms with E-state index in [4.69, 9.17) is 21.1 Å². The lowest BCUT2D eigenvalue weighted by atomic mass is 9.92. The fraction of sp³-hybridized carbons (Fsp3) is 0.111. The van der Waals surface area contributed by atoms with E-state index in [0.717, 1.165) is 0 Å². The molecule has 0 N–H and O–H groups in total. The van der Waals surface area contributed by atoms with Gasteiger partial charge in [0.05, 0.1) is 45.4 Å². The van der Waals surface area contributed by atoms with Gasteiger partial charge >= 0.3 is 0 Å². The fourth-order valence-electron chi connectivity index (χ4n) is 2.64. The third-order valence-corrected chi connectivity index (χ3v) is 5.70. The first-order valence-electron chi connectivity index (χ1n) is 7.22. The van der Waals surface area contributed by atoms with Gasteiger partial charge in [-0.1, -0.05) is 35.9 Å². The third-order valence-electron chi connectivity index (χ3n) is 3.76. The predicted molar refractivity (Wildman–Crippen MR) is 92.3 cm³/mol. The summed E-state index contributed by atoms with van der Waals surface area (Å²) in [5, 5.41) is 0.313. The number of hydrogen-bond acceptors (Lipinski definition) is 5. The molecule has 3 rings (SSSR count). The molecule has 7 heteroatoms. The van der Waals surface area contributed by atoms with Crippen molar-refractivity contribution in [3.8, 4) is 0 Å². The molecule has 1 unspecified atom stereocenters. The van der Waals surface area contributed by atoms with Gasteiger partial charge in [-0.25, -0.2) is 4.21 Å². The molecule has 0 bridgehead atoms. The van der Waals surface area contributed by atoms with Crippen molar-refractivity contribution in [2.24, 2.45) is 0 Å². The number of benzene rings is 2. The van der Waals surface area contributed by atoms with Crippen LogP contribution in [0.5, 0.6) is 0 Å². The number of hydrogen-bond donors (Lipinski definition) is 0. The van der Waals surface area contributed by atoms with E-state index in [-0.39, 0.29) is 27.5 Å². The van der Waals surface area contributed by atoms with E-state index in [2.05, 4.69) is 0 Å². The Morgan fingerprint density at radius 3 is 2.08 bits per heavy atom. The number of allylic oxidation sites excluding steroid dienone is 2. The average Bonchev–Trinajstić information content (AvgIpc) is 2.63. The Kier molecular flexibility index (Phi) is 4.74. The summed E-state index contributed by atoms with van der Waals surface area (Å²) < 4.78 is 23.1. The highest BCUT2D eigenvalue weighted by Crippen LogP contribution is 2.33. The van der Waals surface area contributed by atoms with Gasteiger partial charge in [-0.15, -0.1) is 0 Å². The Morgan fingerprint density at radius 1 is 0.840 bits per heavy atom. The molecule has 0 saturated carbocycles. The van der Waals surface area contributed by atoms with Gasteiger partial charge in [-0.3, -0.25) is 9.59 Å². The Hall–Kier alpha value is -2.44. The van der Waals surface area contributed by atoms with Crippen molar-refractivity contribution in [2.75, 3.05) is 14.2 Å². The quantitative estimate of drug-likeness (QED) is 0.818. The summed E-state index contributed by atoms with van der Waals surface area (Å²) in [5.41, 5.74) is 0.170. The smallest absolute Gasteiger partial charge is 0.233 e. The van der Waals surface area contributed by atoms with Gasteiger partial charge in [0.15, 0.2) is 0 Å². The number of rotatable bonds is 4. The minimum absolute atomic E-state index is 0.0448. The number of ether oxygens (including phenoxy) is 2. The first-order chi connectivity index (χ1) is 12.0. The van der Waals surface area contributed by atoms with E-state index in [0.29, 0.717) is 9.92 Å². The van der Waals surface area contributed by atoms with Crippen LogP contribution in [0.4, 0.5) is 0 Å². The van der Waals surface area contributed by atoms with Gasteiger partial charge in [0.2, 0.25) is 23.1 Å². The van der Waals surface area contributed by atoms with Gasteiger partial charge in [-0.05, 0) is 18.2 Å². The van der Waals surface area contributed by atoms with Gasteiger partial charge in [0, 0.05) is 5.56 Å². The molecule has 0 heterocycles. The predicted octanol–water partition coefficient (Wildman–Crippen LogP) is 3.39. The van der Waals surface area contributed by atoms with Gasteiger partial charge in [0.1, 0.15) is 0 Å². The lowest BCUT2D eigenvalue weighted by Gasteiger charge is -2.21. The molecule has 0 saturated heterocycles. The van der Waals surface area contributed by atoms with Crippen LogP contribution in [-0.4, -0.2) is 30.0 Å². The number of ketones is 2. The summed E-state index contributed by atoms with van der Waals surface area (Å²) in [5.74, 6) is -1.42. The van der Waals surface area contributed by atoms with Crippen LogP contribution in [0.15, 0.2) is 63.8 Å². The molecule has 5 nitrogen and oxygen atoms in total. The summed E-state index contributed by atoms with van der Waals surface area (Å²) in [7, 11) is 0.826. The maximum absolute atomic E-state index is 13.0. The van der Waals surface area contributed by atoms with E-state index in [9.17, 15) is 13.8 Å². The van der Waals surface area contributed by atoms with Crippen molar-refractivity contribution in [3.63, 3.8) is 0 Å². The highest BCUT2D eigenvalue weighted by Gasteiger charge is 2.37. The lowest BCUT2D eigenvalue weighted by molar-refractivity contribution is 0.0826. The molecule has 0 aliphatic heterocycles. The normalized spacial score (nSPS) is 15.0. The highest BCUT2D eigenvalue weighted by atomic mass is 35.5. The third kappa shape index (κ3) is 2.77. The maximum atomic E-state index is 13.0. The van der Waals surface area contributed by atoms with E-state index in [1.807, 2.05) is 0 Å². The van der Waals surface area contributed by atoms with Crippen molar-refractivity contribution in [1.82, 2.24) is 0 Å². The zero-order chi connectivity index (χ0) is 18.1. The molecular formula is C18H13ClO5S. The summed E-state index contributed by atoms with van der Waals surface area (Å²) in [4.78, 5) is 26.0. The second-order valence-electron chi connectivity index (χ2n) is 5.10. The number of methoxy groups -OCH3 is 2. The molecule has 1 aliphatic carbocycles. The Morgan fingerprint density at radius 2 is 1.44 bits per heavy atom. The van der Waals surface area contributed by atoms with Crippen LogP contribution < -0.4 is 0 Å². The Bertz CT molecular complexity index is 948. The molecule has 128 valence electrons. The SMILES string of the molecule is COC1=C(OC)C(=O)c2c(cccc2S(=O)c2ccccc2Cl)C1=O. The van der Waals surface area contributed by atoms with Crippen molar-refractivity contribution in [3.05, 3.63) is 70.1 Å². The van der Waals surface area contributed by atoms with Crippen LogP contribution in [0.25, 0.3) is 0 Å². The monoisotopic (exact) mass is 376 g/mol. The zero-order valence-corrected chi connectivity index (χ0v) is 14.9. The minimum Gasteiger partial charge on any atom is -0.489 e. The first kappa shape index (κ1) is 17.4. The Labute approximate surface area is 151 Å². The zero-order valence-electron chi connectivity index (χ0n) is 13.4. The minimum atomic E-state index is -1.74. The Balaban J connectivity index is 2.22. The van der Waals surface area contributed by atoms with E-state index >= 15 is 0 Å². The molecule has 0 aromatic heterocycles. The average molecular weight is 377 g/mol. The van der Waals surface area contributed by atoms with Crippen molar-refractivity contribution >= 4 is 34.0 Å². The van der Waals surface area contributed by atoms with E-state index in [1.54, 1.807) is 30.3 Å². The molecule has 25 heavy (non-hydrogen) atoms. The molecule has 0 radical (unpaired) electrons. The summed E-state index contributed by atoms with van der Waals surface area (Å²) in [6.07, 6.45) is 0. The summed E-state index contributed by atoms with van der Waals surface area (Å²) in [6, 6.07) is 11.2. The number of carbonyl (C=O) groups excluding carboxylic acids is 2. The number of Topliss-reactive ketones (excluding diaryl/α,β-unsaturated/α-hetero) is 2. The van der Waals surface area contributed by atoms with Crippen LogP contribution in [0, 0.1) is 0 Å². The van der Waals surface area contributed by atoms with E-state index in [1.165, 1.54) is 26.4 Å². The molecule has 0 fully saturated rings. The summed E-state index contributed by atoms with van der Waals surface area (Å²) in [6.45, 7) is 0. The first-order valence-corrected chi connectivity index (χ1v) is 8.75. The molecule has 0 amide bonds. The highest BCUT2D eigenvalue weighted by molar-refractivity contribution is 7.85. The van der Waals surface area contributed by atoms with Crippen molar-refractivity contribution in [1.29, 1.82) is 0 Å². The van der Waals surface area contributed by atoms with Crippen LogP contribution in [0.3, 0.4) is 0 Å². The molecule has 1 aliphatic rings. The fourth-order valence-corrected chi connectivity index (χ4v) is 4.26. The molecule has 2 aromatic carbocycles. The standard InChI is InChI=1S/C18H13ClO5S/c1-23-17-15(20)10-6-5-9-13(14(10)16(21)18(17)24-2)25(22)12-8-4-3-7-11(12)19/h3-9H,1-2H3. The summed E-state index contributed by atoms with van der Waals surface area (Å²) >= 11 is 6.12.